The molecule has 1 aliphatic rings. The minimum atomic E-state index is 0.603. The number of nitrogens with two attached hydrogens (primary N) is 1. The van der Waals surface area contributed by atoms with Gasteiger partial charge in [0.1, 0.15) is 22.8 Å². The van der Waals surface area contributed by atoms with Gasteiger partial charge in [-0.2, -0.15) is 0 Å². The van der Waals surface area contributed by atoms with Crippen molar-refractivity contribution in [3.8, 4) is 5.69 Å². The number of aromatic nitrogens is 5. The van der Waals surface area contributed by atoms with E-state index in [-0.39, 0.29) is 0 Å². The maximum Gasteiger partial charge on any atom is 0.196 e. The van der Waals surface area contributed by atoms with Gasteiger partial charge in [0.25, 0.3) is 0 Å². The average molecular weight is 437 g/mol. The van der Waals surface area contributed by atoms with E-state index in [1.54, 1.807) is 29.4 Å². The second kappa shape index (κ2) is 8.00. The van der Waals surface area contributed by atoms with Crippen LogP contribution in [0.25, 0.3) is 15.9 Å². The molecule has 1 aromatic carbocycles. The normalized spacial score (nSPS) is 14.1. The van der Waals surface area contributed by atoms with E-state index in [1.165, 1.54) is 40.8 Å². The van der Waals surface area contributed by atoms with Gasteiger partial charge in [-0.25, -0.2) is 9.97 Å². The molecule has 3 heterocycles. The van der Waals surface area contributed by atoms with Crippen LogP contribution in [0.2, 0.25) is 0 Å². The number of hydrogen-bond acceptors (Lipinski definition) is 7. The summed E-state index contributed by atoms with van der Waals surface area (Å²) < 4.78 is 2.02. The Morgan fingerprint density at radius 3 is 2.87 bits per heavy atom. The van der Waals surface area contributed by atoms with Crippen LogP contribution in [0.15, 0.2) is 29.7 Å². The van der Waals surface area contributed by atoms with Crippen LogP contribution < -0.4 is 5.73 Å². The number of thiophene rings is 1. The van der Waals surface area contributed by atoms with Crippen molar-refractivity contribution in [1.82, 2.24) is 24.7 Å². The zero-order valence-corrected chi connectivity index (χ0v) is 18.8. The van der Waals surface area contributed by atoms with Gasteiger partial charge in [-0.05, 0) is 56.7 Å². The molecule has 8 heteroatoms. The lowest BCUT2D eigenvalue weighted by Gasteiger charge is -2.10. The Kier molecular flexibility index (Phi) is 5.20. The molecule has 30 heavy (non-hydrogen) atoms. The zero-order valence-electron chi connectivity index (χ0n) is 17.2. The van der Waals surface area contributed by atoms with Crippen LogP contribution in [0.4, 0.5) is 5.82 Å². The Bertz CT molecular complexity index is 1230. The first-order valence-electron chi connectivity index (χ1n) is 10.3. The highest BCUT2D eigenvalue weighted by Gasteiger charge is 2.19. The number of rotatable bonds is 4. The summed E-state index contributed by atoms with van der Waals surface area (Å²) in [4.78, 5) is 12.0. The number of nitrogen functional groups attached to an aromatic ring is 1. The Hall–Kier alpha value is -2.45. The number of thioether (sulfide) groups is 1. The quantitative estimate of drug-likeness (QED) is 0.357. The molecular formula is C22H24N6S2. The maximum atomic E-state index is 6.39. The van der Waals surface area contributed by atoms with Crippen molar-refractivity contribution in [3.05, 3.63) is 51.9 Å². The van der Waals surface area contributed by atoms with Gasteiger partial charge < -0.3 is 5.73 Å². The molecule has 0 atom stereocenters. The van der Waals surface area contributed by atoms with Gasteiger partial charge >= 0.3 is 0 Å². The molecule has 1 aliphatic carbocycles. The molecule has 0 fully saturated rings. The van der Waals surface area contributed by atoms with Gasteiger partial charge in [0, 0.05) is 4.88 Å². The summed E-state index contributed by atoms with van der Waals surface area (Å²) in [5.74, 6) is 1.97. The average Bonchev–Trinajstić information content (AvgIpc) is 3.24. The van der Waals surface area contributed by atoms with E-state index in [4.69, 9.17) is 10.7 Å². The standard InChI is InChI=1S/C22H24N6S2/c1-13-8-9-16(14(2)10-13)28-12-24-27-22(28)29-11-18-25-20(23)19-15-6-4-3-5-7-17(15)30-21(19)26-18/h8-10,12H,3-7,11H2,1-2H3,(H2,23,25,26). The number of nitrogens with zero attached hydrogens (tertiary/aromatic N) is 5. The molecular weight excluding hydrogens is 412 g/mol. The lowest BCUT2D eigenvalue weighted by Crippen LogP contribution is -2.02. The molecule has 3 aromatic heterocycles. The summed E-state index contributed by atoms with van der Waals surface area (Å²) in [6, 6.07) is 6.38. The van der Waals surface area contributed by atoms with E-state index in [2.05, 4.69) is 47.2 Å². The maximum absolute atomic E-state index is 6.39. The van der Waals surface area contributed by atoms with Gasteiger partial charge in [-0.3, -0.25) is 4.57 Å². The van der Waals surface area contributed by atoms with Crippen molar-refractivity contribution in [2.75, 3.05) is 5.73 Å². The highest BCUT2D eigenvalue weighted by atomic mass is 32.2. The molecule has 0 saturated carbocycles. The zero-order chi connectivity index (χ0) is 20.7. The third-order valence-electron chi connectivity index (χ3n) is 5.60. The predicted molar refractivity (Wildman–Crippen MR) is 123 cm³/mol. The Labute approximate surface area is 184 Å². The molecule has 6 nitrogen and oxygen atoms in total. The molecule has 0 spiro atoms. The Morgan fingerprint density at radius 2 is 2.00 bits per heavy atom. The van der Waals surface area contributed by atoms with E-state index in [1.807, 2.05) is 4.57 Å². The first-order chi connectivity index (χ1) is 14.6. The summed E-state index contributed by atoms with van der Waals surface area (Å²) in [5.41, 5.74) is 11.3. The molecule has 0 amide bonds. The molecule has 0 aliphatic heterocycles. The molecule has 154 valence electrons. The van der Waals surface area contributed by atoms with E-state index < -0.39 is 0 Å². The summed E-state index contributed by atoms with van der Waals surface area (Å²) in [6.07, 6.45) is 7.76. The first kappa shape index (κ1) is 19.5. The summed E-state index contributed by atoms with van der Waals surface area (Å²) >= 11 is 3.38. The fourth-order valence-electron chi connectivity index (χ4n) is 4.17. The Balaban J connectivity index is 1.42. The molecule has 0 bridgehead atoms. The first-order valence-corrected chi connectivity index (χ1v) is 12.1. The number of anilines is 1. The van der Waals surface area contributed by atoms with Gasteiger partial charge in [-0.15, -0.1) is 21.5 Å². The Morgan fingerprint density at radius 1 is 1.13 bits per heavy atom. The highest BCUT2D eigenvalue weighted by Crippen LogP contribution is 2.37. The number of hydrogen-bond donors (Lipinski definition) is 1. The number of benzene rings is 1. The molecule has 0 radical (unpaired) electrons. The smallest absolute Gasteiger partial charge is 0.196 e. The molecule has 0 unspecified atom stereocenters. The van der Waals surface area contributed by atoms with Crippen molar-refractivity contribution < 1.29 is 0 Å². The van der Waals surface area contributed by atoms with Gasteiger partial charge in [-0.1, -0.05) is 35.9 Å². The minimum Gasteiger partial charge on any atom is -0.383 e. The number of fused-ring (bicyclic) bond motifs is 3. The van der Waals surface area contributed by atoms with E-state index in [9.17, 15) is 0 Å². The van der Waals surface area contributed by atoms with Gasteiger partial charge in [0.15, 0.2) is 5.16 Å². The van der Waals surface area contributed by atoms with E-state index >= 15 is 0 Å². The summed E-state index contributed by atoms with van der Waals surface area (Å²) in [5, 5.41) is 10.3. The van der Waals surface area contributed by atoms with Crippen LogP contribution in [0.3, 0.4) is 0 Å². The third-order valence-corrected chi connectivity index (χ3v) is 7.72. The fourth-order valence-corrected chi connectivity index (χ4v) is 6.23. The van der Waals surface area contributed by atoms with E-state index in [0.29, 0.717) is 11.6 Å². The largest absolute Gasteiger partial charge is 0.383 e. The monoisotopic (exact) mass is 436 g/mol. The van der Waals surface area contributed by atoms with Crippen LogP contribution in [0, 0.1) is 13.8 Å². The van der Waals surface area contributed by atoms with Crippen LogP contribution in [0.1, 0.15) is 46.7 Å². The van der Waals surface area contributed by atoms with Crippen LogP contribution in [0.5, 0.6) is 0 Å². The lowest BCUT2D eigenvalue weighted by atomic mass is 10.1. The second-order valence-corrected chi connectivity index (χ2v) is 9.86. The molecule has 2 N–H and O–H groups in total. The van der Waals surface area contributed by atoms with Crippen molar-refractivity contribution in [3.63, 3.8) is 0 Å². The molecule has 5 rings (SSSR count). The topological polar surface area (TPSA) is 82.5 Å². The van der Waals surface area contributed by atoms with Crippen molar-refractivity contribution in [2.45, 2.75) is 56.9 Å². The van der Waals surface area contributed by atoms with Gasteiger partial charge in [0.05, 0.1) is 16.8 Å². The highest BCUT2D eigenvalue weighted by molar-refractivity contribution is 7.98. The van der Waals surface area contributed by atoms with Crippen molar-refractivity contribution in [1.29, 1.82) is 0 Å². The van der Waals surface area contributed by atoms with Crippen molar-refractivity contribution in [2.24, 2.45) is 0 Å². The van der Waals surface area contributed by atoms with E-state index in [0.717, 1.165) is 39.7 Å². The third kappa shape index (κ3) is 3.58. The van der Waals surface area contributed by atoms with Gasteiger partial charge in [0.2, 0.25) is 0 Å². The van der Waals surface area contributed by atoms with Crippen LogP contribution in [-0.2, 0) is 18.6 Å². The number of aryl methyl sites for hydroxylation is 4. The summed E-state index contributed by atoms with van der Waals surface area (Å²) in [6.45, 7) is 4.20. The van der Waals surface area contributed by atoms with Crippen molar-refractivity contribution >= 4 is 39.1 Å². The van der Waals surface area contributed by atoms with Crippen LogP contribution >= 0.6 is 23.1 Å². The minimum absolute atomic E-state index is 0.603. The van der Waals surface area contributed by atoms with Crippen LogP contribution in [-0.4, -0.2) is 24.7 Å². The molecule has 4 aromatic rings. The lowest BCUT2D eigenvalue weighted by molar-refractivity contribution is 0.713. The summed E-state index contributed by atoms with van der Waals surface area (Å²) in [7, 11) is 0. The second-order valence-electron chi connectivity index (χ2n) is 7.83. The fraction of sp³-hybridized carbons (Fsp3) is 0.364. The molecule has 0 saturated heterocycles. The predicted octanol–water partition coefficient (Wildman–Crippen LogP) is 5.03. The SMILES string of the molecule is Cc1ccc(-n2cnnc2SCc2nc(N)c3c4c(sc3n2)CCCCC4)c(C)c1.